The van der Waals surface area contributed by atoms with Crippen molar-refractivity contribution < 1.29 is 0 Å². The van der Waals surface area contributed by atoms with Crippen molar-refractivity contribution in [3.05, 3.63) is 35.3 Å². The van der Waals surface area contributed by atoms with E-state index in [0.717, 1.165) is 17.8 Å². The summed E-state index contributed by atoms with van der Waals surface area (Å²) < 4.78 is 2.18. The number of nitrogens with two attached hydrogens (primary N) is 1. The monoisotopic (exact) mass is 273 g/mol. The van der Waals surface area contributed by atoms with Crippen LogP contribution in [0.1, 0.15) is 64.0 Å². The molecule has 2 aromatic heterocycles. The van der Waals surface area contributed by atoms with Crippen molar-refractivity contribution in [1.82, 2.24) is 9.38 Å². The number of aromatic nitrogens is 2. The van der Waals surface area contributed by atoms with E-state index in [2.05, 4.69) is 64.3 Å². The van der Waals surface area contributed by atoms with Gasteiger partial charge in [-0.3, -0.25) is 0 Å². The molecule has 2 N–H and O–H groups in total. The molecule has 0 aliphatic heterocycles. The fraction of sp³-hybridized carbons (Fsp3) is 0.588. The predicted octanol–water partition coefficient (Wildman–Crippen LogP) is 3.99. The Morgan fingerprint density at radius 3 is 2.50 bits per heavy atom. The molecular weight excluding hydrogens is 246 g/mol. The van der Waals surface area contributed by atoms with Gasteiger partial charge < -0.3 is 10.1 Å². The van der Waals surface area contributed by atoms with Gasteiger partial charge in [0.05, 0.1) is 11.4 Å². The predicted molar refractivity (Wildman–Crippen MR) is 85.0 cm³/mol. The van der Waals surface area contributed by atoms with Gasteiger partial charge in [-0.15, -0.1) is 0 Å². The van der Waals surface area contributed by atoms with Crippen LogP contribution in [0.5, 0.6) is 0 Å². The topological polar surface area (TPSA) is 43.3 Å². The van der Waals surface area contributed by atoms with Crippen LogP contribution in [-0.2, 0) is 5.41 Å². The van der Waals surface area contributed by atoms with E-state index < -0.39 is 0 Å². The molecule has 0 radical (unpaired) electrons. The molecule has 0 spiro atoms. The second-order valence-electron chi connectivity index (χ2n) is 7.22. The van der Waals surface area contributed by atoms with E-state index in [1.165, 1.54) is 11.3 Å². The van der Waals surface area contributed by atoms with Crippen LogP contribution < -0.4 is 5.73 Å². The van der Waals surface area contributed by atoms with E-state index in [0.29, 0.717) is 5.92 Å². The smallest absolute Gasteiger partial charge is 0.140 e. The molecule has 20 heavy (non-hydrogen) atoms. The molecule has 3 heteroatoms. The molecule has 0 saturated carbocycles. The summed E-state index contributed by atoms with van der Waals surface area (Å²) in [6, 6.07) is 4.20. The van der Waals surface area contributed by atoms with Crippen molar-refractivity contribution in [2.24, 2.45) is 11.7 Å². The second-order valence-corrected chi connectivity index (χ2v) is 7.22. The quantitative estimate of drug-likeness (QED) is 0.919. The van der Waals surface area contributed by atoms with Crippen molar-refractivity contribution >= 4 is 5.65 Å². The number of hydrogen-bond donors (Lipinski definition) is 1. The first-order valence-corrected chi connectivity index (χ1v) is 7.45. The first-order valence-electron chi connectivity index (χ1n) is 7.45. The molecule has 2 aromatic rings. The number of imidazole rings is 1. The Hall–Kier alpha value is -1.35. The highest BCUT2D eigenvalue weighted by molar-refractivity contribution is 5.52. The lowest BCUT2D eigenvalue weighted by Crippen LogP contribution is -2.22. The number of nitrogens with zero attached hydrogens (tertiary/aromatic N) is 2. The standard InChI is InChI=1S/C17H27N3/c1-11(2)10-13(18)14-15(17(4,5)6)19-16-12(3)8-7-9-20(14)16/h7-9,11,13H,10,18H2,1-6H3. The minimum atomic E-state index is 0.00237. The average molecular weight is 273 g/mol. The van der Waals surface area contributed by atoms with E-state index in [4.69, 9.17) is 10.7 Å². The van der Waals surface area contributed by atoms with Crippen LogP contribution in [0.3, 0.4) is 0 Å². The second kappa shape index (κ2) is 5.21. The Kier molecular flexibility index (Phi) is 3.92. The molecule has 2 heterocycles. The van der Waals surface area contributed by atoms with E-state index in [1.54, 1.807) is 0 Å². The third kappa shape index (κ3) is 2.73. The molecular formula is C17H27N3. The van der Waals surface area contributed by atoms with Gasteiger partial charge >= 0.3 is 0 Å². The Bertz CT molecular complexity index is 602. The van der Waals surface area contributed by atoms with Crippen LogP contribution >= 0.6 is 0 Å². The number of hydrogen-bond acceptors (Lipinski definition) is 2. The van der Waals surface area contributed by atoms with E-state index >= 15 is 0 Å². The molecule has 3 nitrogen and oxygen atoms in total. The first-order chi connectivity index (χ1) is 9.21. The number of aryl methyl sites for hydroxylation is 1. The lowest BCUT2D eigenvalue weighted by molar-refractivity contribution is 0.482. The molecule has 1 unspecified atom stereocenters. The fourth-order valence-corrected chi connectivity index (χ4v) is 2.75. The molecule has 0 aliphatic carbocycles. The summed E-state index contributed by atoms with van der Waals surface area (Å²) in [5.41, 5.74) is 11.0. The number of fused-ring (bicyclic) bond motifs is 1. The zero-order valence-electron chi connectivity index (χ0n) is 13.6. The molecule has 2 rings (SSSR count). The molecule has 0 bridgehead atoms. The highest BCUT2D eigenvalue weighted by Crippen LogP contribution is 2.32. The Balaban J connectivity index is 2.68. The summed E-state index contributed by atoms with van der Waals surface area (Å²) in [5.74, 6) is 0.577. The average Bonchev–Trinajstić information content (AvgIpc) is 2.68. The van der Waals surface area contributed by atoms with Gasteiger partial charge in [-0.1, -0.05) is 40.7 Å². The third-order valence-electron chi connectivity index (χ3n) is 3.67. The maximum Gasteiger partial charge on any atom is 0.140 e. The zero-order chi connectivity index (χ0) is 15.1. The molecule has 0 fully saturated rings. The van der Waals surface area contributed by atoms with Gasteiger partial charge in [-0.05, 0) is 30.9 Å². The minimum Gasteiger partial charge on any atom is -0.323 e. The van der Waals surface area contributed by atoms with Gasteiger partial charge in [-0.2, -0.15) is 0 Å². The van der Waals surface area contributed by atoms with Crippen LogP contribution in [-0.4, -0.2) is 9.38 Å². The number of rotatable bonds is 3. The molecule has 110 valence electrons. The maximum absolute atomic E-state index is 6.49. The molecule has 0 aromatic carbocycles. The Morgan fingerprint density at radius 1 is 1.30 bits per heavy atom. The summed E-state index contributed by atoms with van der Waals surface area (Å²) >= 11 is 0. The van der Waals surface area contributed by atoms with Crippen LogP contribution in [0.15, 0.2) is 18.3 Å². The van der Waals surface area contributed by atoms with Crippen molar-refractivity contribution in [2.75, 3.05) is 0 Å². The summed E-state index contributed by atoms with van der Waals surface area (Å²) in [6.07, 6.45) is 3.06. The zero-order valence-corrected chi connectivity index (χ0v) is 13.6. The summed E-state index contributed by atoms with van der Waals surface area (Å²) in [5, 5.41) is 0. The highest BCUT2D eigenvalue weighted by Gasteiger charge is 2.27. The van der Waals surface area contributed by atoms with Gasteiger partial charge in [0.25, 0.3) is 0 Å². The lowest BCUT2D eigenvalue weighted by atomic mass is 9.87. The molecule has 0 amide bonds. The van der Waals surface area contributed by atoms with Crippen LogP contribution in [0.2, 0.25) is 0 Å². The Labute approximate surface area is 122 Å². The molecule has 0 aliphatic rings. The van der Waals surface area contributed by atoms with Crippen LogP contribution in [0.4, 0.5) is 0 Å². The summed E-state index contributed by atoms with van der Waals surface area (Å²) in [4.78, 5) is 4.89. The Morgan fingerprint density at radius 2 is 1.95 bits per heavy atom. The fourth-order valence-electron chi connectivity index (χ4n) is 2.75. The third-order valence-corrected chi connectivity index (χ3v) is 3.67. The van der Waals surface area contributed by atoms with Gasteiger partial charge in [0, 0.05) is 17.7 Å². The highest BCUT2D eigenvalue weighted by atomic mass is 15.0. The van der Waals surface area contributed by atoms with Crippen molar-refractivity contribution in [2.45, 2.75) is 59.4 Å². The van der Waals surface area contributed by atoms with Crippen molar-refractivity contribution in [1.29, 1.82) is 0 Å². The first kappa shape index (κ1) is 15.0. The van der Waals surface area contributed by atoms with Gasteiger partial charge in [-0.25, -0.2) is 4.98 Å². The lowest BCUT2D eigenvalue weighted by Gasteiger charge is -2.22. The van der Waals surface area contributed by atoms with E-state index in [9.17, 15) is 0 Å². The van der Waals surface area contributed by atoms with E-state index in [1.807, 2.05) is 0 Å². The normalized spacial score (nSPS) is 14.2. The largest absolute Gasteiger partial charge is 0.323 e. The molecule has 1 atom stereocenters. The van der Waals surface area contributed by atoms with Crippen molar-refractivity contribution in [3.63, 3.8) is 0 Å². The van der Waals surface area contributed by atoms with Gasteiger partial charge in [0.1, 0.15) is 5.65 Å². The summed E-state index contributed by atoms with van der Waals surface area (Å²) in [6.45, 7) is 13.1. The van der Waals surface area contributed by atoms with Gasteiger partial charge in [0.2, 0.25) is 0 Å². The minimum absolute atomic E-state index is 0.00237. The summed E-state index contributed by atoms with van der Waals surface area (Å²) in [7, 11) is 0. The van der Waals surface area contributed by atoms with Crippen molar-refractivity contribution in [3.8, 4) is 0 Å². The van der Waals surface area contributed by atoms with E-state index in [-0.39, 0.29) is 11.5 Å². The van der Waals surface area contributed by atoms with Crippen LogP contribution in [0, 0.1) is 12.8 Å². The number of pyridine rings is 1. The SMILES string of the molecule is Cc1cccn2c(C(N)CC(C)C)c(C(C)(C)C)nc12. The van der Waals surface area contributed by atoms with Crippen LogP contribution in [0.25, 0.3) is 5.65 Å². The maximum atomic E-state index is 6.49. The van der Waals surface area contributed by atoms with Gasteiger partial charge in [0.15, 0.2) is 0 Å². The molecule has 0 saturated heterocycles.